The first-order chi connectivity index (χ1) is 13.9. The van der Waals surface area contributed by atoms with Crippen molar-refractivity contribution in [1.29, 1.82) is 10.8 Å². The van der Waals surface area contributed by atoms with Gasteiger partial charge in [-0.15, -0.1) is 11.3 Å². The number of benzene rings is 1. The predicted molar refractivity (Wildman–Crippen MR) is 114 cm³/mol. The normalized spacial score (nSPS) is 11.1. The Morgan fingerprint density at radius 2 is 2.00 bits per heavy atom. The summed E-state index contributed by atoms with van der Waals surface area (Å²) >= 11 is 1.46. The van der Waals surface area contributed by atoms with Crippen molar-refractivity contribution in [3.63, 3.8) is 0 Å². The quantitative estimate of drug-likeness (QED) is 0.376. The molecule has 0 atom stereocenters. The van der Waals surface area contributed by atoms with Crippen molar-refractivity contribution in [2.75, 3.05) is 0 Å². The molecule has 2 N–H and O–H groups in total. The van der Waals surface area contributed by atoms with E-state index in [2.05, 4.69) is 9.97 Å². The molecule has 0 aliphatic heterocycles. The van der Waals surface area contributed by atoms with Gasteiger partial charge in [-0.1, -0.05) is 12.1 Å². The molecule has 4 rings (SSSR count). The van der Waals surface area contributed by atoms with Crippen molar-refractivity contribution in [3.05, 3.63) is 76.4 Å². The highest BCUT2D eigenvalue weighted by Gasteiger charge is 2.12. The van der Waals surface area contributed by atoms with Crippen LogP contribution in [0.3, 0.4) is 0 Å². The summed E-state index contributed by atoms with van der Waals surface area (Å²) in [5.74, 6) is -0.475. The first-order valence-corrected chi connectivity index (χ1v) is 10.1. The van der Waals surface area contributed by atoms with Crippen LogP contribution in [0.2, 0.25) is 0 Å². The first-order valence-electron chi connectivity index (χ1n) is 9.24. The number of aryl methyl sites for hydroxylation is 3. The summed E-state index contributed by atoms with van der Waals surface area (Å²) in [4.78, 5) is 9.45. The molecule has 0 aliphatic rings. The van der Waals surface area contributed by atoms with Crippen LogP contribution >= 0.6 is 11.3 Å². The van der Waals surface area contributed by atoms with Crippen molar-refractivity contribution in [1.82, 2.24) is 14.5 Å². The molecule has 4 aromatic rings. The lowest BCUT2D eigenvalue weighted by molar-refractivity contribution is 0.590. The summed E-state index contributed by atoms with van der Waals surface area (Å²) in [6.07, 6.45) is 6.11. The molecule has 0 spiro atoms. The molecule has 146 valence electrons. The van der Waals surface area contributed by atoms with Crippen LogP contribution in [0.5, 0.6) is 0 Å². The summed E-state index contributed by atoms with van der Waals surface area (Å²) < 4.78 is 15.7. The van der Waals surface area contributed by atoms with Gasteiger partial charge in [0.2, 0.25) is 0 Å². The number of rotatable bonds is 4. The second kappa shape index (κ2) is 7.67. The summed E-state index contributed by atoms with van der Waals surface area (Å²) in [5, 5.41) is 18.5. The number of halogens is 1. The highest BCUT2D eigenvalue weighted by Crippen LogP contribution is 2.25. The van der Waals surface area contributed by atoms with Crippen LogP contribution < -0.4 is 5.49 Å². The molecule has 0 amide bonds. The van der Waals surface area contributed by atoms with E-state index in [0.29, 0.717) is 18.4 Å². The molecule has 5 nitrogen and oxygen atoms in total. The number of hydrogen-bond donors (Lipinski definition) is 2. The fraction of sp³-hybridized carbons (Fsp3) is 0.182. The summed E-state index contributed by atoms with van der Waals surface area (Å²) in [6.45, 7) is 3.92. The Kier molecular flexibility index (Phi) is 5.07. The van der Waals surface area contributed by atoms with Crippen molar-refractivity contribution in [2.45, 2.75) is 26.7 Å². The molecule has 0 saturated heterocycles. The summed E-state index contributed by atoms with van der Waals surface area (Å²) in [5.41, 5.74) is 3.47. The minimum Gasteiger partial charge on any atom is -0.288 e. The Morgan fingerprint density at radius 1 is 1.17 bits per heavy atom. The lowest BCUT2D eigenvalue weighted by atomic mass is 10.0. The number of thiazole rings is 1. The lowest BCUT2D eigenvalue weighted by Gasteiger charge is -2.12. The monoisotopic (exact) mass is 405 g/mol. The summed E-state index contributed by atoms with van der Waals surface area (Å²) in [7, 11) is 0. The zero-order valence-corrected chi connectivity index (χ0v) is 17.0. The van der Waals surface area contributed by atoms with E-state index in [9.17, 15) is 4.39 Å². The zero-order valence-electron chi connectivity index (χ0n) is 16.2. The molecule has 0 fully saturated rings. The smallest absolute Gasteiger partial charge is 0.167 e. The Morgan fingerprint density at radius 3 is 2.76 bits per heavy atom. The molecular formula is C22H20FN5S. The molecule has 0 aliphatic carbocycles. The van der Waals surface area contributed by atoms with Crippen molar-refractivity contribution < 1.29 is 4.39 Å². The van der Waals surface area contributed by atoms with Crippen molar-refractivity contribution >= 4 is 28.1 Å². The van der Waals surface area contributed by atoms with Gasteiger partial charge in [0.1, 0.15) is 5.84 Å². The van der Waals surface area contributed by atoms with E-state index in [1.165, 1.54) is 22.0 Å². The van der Waals surface area contributed by atoms with Gasteiger partial charge in [0.25, 0.3) is 0 Å². The SMILES string of the molecule is Cc1ccc2c(CCC(=N)n3cc(-c4cnc(C)s4)cc(F)c3=N)ccnc2c1. The zero-order chi connectivity index (χ0) is 20.5. The predicted octanol–water partition coefficient (Wildman–Crippen LogP) is 4.85. The fourth-order valence-electron chi connectivity index (χ4n) is 3.31. The Hall–Kier alpha value is -3.19. The average Bonchev–Trinajstić information content (AvgIpc) is 3.14. The van der Waals surface area contributed by atoms with E-state index >= 15 is 0 Å². The van der Waals surface area contributed by atoms with Gasteiger partial charge in [0, 0.05) is 36.0 Å². The third-order valence-electron chi connectivity index (χ3n) is 4.83. The van der Waals surface area contributed by atoms with Gasteiger partial charge in [0.15, 0.2) is 11.3 Å². The Labute approximate surface area is 171 Å². The van der Waals surface area contributed by atoms with Crippen LogP contribution in [-0.2, 0) is 6.42 Å². The van der Waals surface area contributed by atoms with Crippen LogP contribution in [-0.4, -0.2) is 20.4 Å². The minimum atomic E-state index is -0.650. The Bertz CT molecular complexity index is 1290. The number of nitrogens with zero attached hydrogens (tertiary/aromatic N) is 3. The van der Waals surface area contributed by atoms with Crippen LogP contribution in [0.4, 0.5) is 4.39 Å². The molecule has 0 radical (unpaired) electrons. The van der Waals surface area contributed by atoms with Crippen LogP contribution in [0.15, 0.2) is 48.9 Å². The molecule has 3 aromatic heterocycles. The molecule has 7 heteroatoms. The molecule has 0 saturated carbocycles. The van der Waals surface area contributed by atoms with Crippen molar-refractivity contribution in [2.24, 2.45) is 0 Å². The van der Waals surface area contributed by atoms with E-state index in [1.54, 1.807) is 18.6 Å². The van der Waals surface area contributed by atoms with E-state index in [1.807, 2.05) is 38.1 Å². The molecule has 1 aromatic carbocycles. The number of nitrogens with one attached hydrogen (secondary N) is 2. The van der Waals surface area contributed by atoms with E-state index in [4.69, 9.17) is 10.8 Å². The van der Waals surface area contributed by atoms with Gasteiger partial charge >= 0.3 is 0 Å². The molecule has 0 unspecified atom stereocenters. The highest BCUT2D eigenvalue weighted by atomic mass is 32.1. The van der Waals surface area contributed by atoms with E-state index in [-0.39, 0.29) is 11.3 Å². The Balaban J connectivity index is 1.62. The van der Waals surface area contributed by atoms with E-state index < -0.39 is 5.82 Å². The van der Waals surface area contributed by atoms with Gasteiger partial charge in [-0.2, -0.15) is 0 Å². The second-order valence-corrected chi connectivity index (χ2v) is 8.21. The second-order valence-electron chi connectivity index (χ2n) is 6.98. The lowest BCUT2D eigenvalue weighted by Crippen LogP contribution is -2.29. The fourth-order valence-corrected chi connectivity index (χ4v) is 4.07. The van der Waals surface area contributed by atoms with Gasteiger partial charge in [-0.05, 0) is 49.6 Å². The third kappa shape index (κ3) is 3.86. The maximum absolute atomic E-state index is 14.4. The minimum absolute atomic E-state index is 0.175. The van der Waals surface area contributed by atoms with Crippen LogP contribution in [0, 0.1) is 30.5 Å². The van der Waals surface area contributed by atoms with Gasteiger partial charge in [-0.3, -0.25) is 20.4 Å². The van der Waals surface area contributed by atoms with Gasteiger partial charge in [0.05, 0.1) is 15.4 Å². The molecule has 0 bridgehead atoms. The largest absolute Gasteiger partial charge is 0.288 e. The molecule has 29 heavy (non-hydrogen) atoms. The molecular weight excluding hydrogens is 385 g/mol. The first kappa shape index (κ1) is 19.1. The van der Waals surface area contributed by atoms with Crippen LogP contribution in [0.25, 0.3) is 21.3 Å². The van der Waals surface area contributed by atoms with Gasteiger partial charge in [-0.25, -0.2) is 9.37 Å². The number of fused-ring (bicyclic) bond motifs is 1. The highest BCUT2D eigenvalue weighted by molar-refractivity contribution is 7.15. The third-order valence-corrected chi connectivity index (χ3v) is 5.80. The van der Waals surface area contributed by atoms with E-state index in [0.717, 1.165) is 31.9 Å². The summed E-state index contributed by atoms with van der Waals surface area (Å²) in [6, 6.07) is 9.42. The maximum Gasteiger partial charge on any atom is 0.167 e. The standard InChI is InChI=1S/C22H20FN5S/c1-13-3-5-17-15(7-8-26-19(17)9-13)4-6-21(24)28-12-16(10-18(23)22(28)25)20-11-27-14(2)29-20/h3,5,7-12,24-25H,4,6H2,1-2H3. The number of aromatic nitrogens is 3. The van der Waals surface area contributed by atoms with Gasteiger partial charge < -0.3 is 0 Å². The average molecular weight is 406 g/mol. The van der Waals surface area contributed by atoms with Crippen molar-refractivity contribution in [3.8, 4) is 10.4 Å². The number of hydrogen-bond acceptors (Lipinski definition) is 5. The maximum atomic E-state index is 14.4. The number of pyridine rings is 2. The molecule has 3 heterocycles. The van der Waals surface area contributed by atoms with Crippen LogP contribution in [0.1, 0.15) is 22.6 Å². The topological polar surface area (TPSA) is 78.4 Å².